The minimum atomic E-state index is 0.417. The van der Waals surface area contributed by atoms with Gasteiger partial charge in [0.15, 0.2) is 0 Å². The highest BCUT2D eigenvalue weighted by Crippen LogP contribution is 2.11. The van der Waals surface area contributed by atoms with Crippen LogP contribution in [0.1, 0.15) is 24.8 Å². The van der Waals surface area contributed by atoms with Crippen molar-refractivity contribution in [1.82, 2.24) is 0 Å². The van der Waals surface area contributed by atoms with Gasteiger partial charge in [-0.2, -0.15) is 0 Å². The van der Waals surface area contributed by atoms with Crippen molar-refractivity contribution in [2.45, 2.75) is 26.2 Å². The summed E-state index contributed by atoms with van der Waals surface area (Å²) in [7, 11) is 0. The van der Waals surface area contributed by atoms with Crippen molar-refractivity contribution in [3.8, 4) is 18.1 Å². The van der Waals surface area contributed by atoms with Gasteiger partial charge >= 0.3 is 0 Å². The lowest BCUT2D eigenvalue weighted by Gasteiger charge is -2.06. The molecule has 0 saturated heterocycles. The first-order chi connectivity index (χ1) is 8.33. The van der Waals surface area contributed by atoms with Gasteiger partial charge in [-0.1, -0.05) is 23.6 Å². The molecule has 0 aliphatic heterocycles. The summed E-state index contributed by atoms with van der Waals surface area (Å²) < 4.78 is 10.8. The number of hydrogen-bond donors (Lipinski definition) is 0. The first-order valence-corrected chi connectivity index (χ1v) is 6.03. The molecule has 0 heterocycles. The SMILES string of the molecule is C#CCOCCCCCOc1ccc(C)cc1. The Morgan fingerprint density at radius 1 is 1.06 bits per heavy atom. The van der Waals surface area contributed by atoms with E-state index in [1.165, 1.54) is 5.56 Å². The van der Waals surface area contributed by atoms with Gasteiger partial charge in [-0.25, -0.2) is 0 Å². The Kier molecular flexibility index (Phi) is 6.93. The van der Waals surface area contributed by atoms with Crippen LogP contribution in [0.5, 0.6) is 5.75 Å². The van der Waals surface area contributed by atoms with E-state index in [9.17, 15) is 0 Å². The van der Waals surface area contributed by atoms with Crippen molar-refractivity contribution < 1.29 is 9.47 Å². The quantitative estimate of drug-likeness (QED) is 0.506. The average molecular weight is 232 g/mol. The minimum Gasteiger partial charge on any atom is -0.494 e. The lowest BCUT2D eigenvalue weighted by molar-refractivity contribution is 0.160. The molecule has 0 saturated carbocycles. The molecule has 0 N–H and O–H groups in total. The number of terminal acetylenes is 1. The van der Waals surface area contributed by atoms with Gasteiger partial charge in [0.05, 0.1) is 6.61 Å². The van der Waals surface area contributed by atoms with E-state index in [2.05, 4.69) is 25.0 Å². The molecule has 0 aliphatic carbocycles. The largest absolute Gasteiger partial charge is 0.494 e. The van der Waals surface area contributed by atoms with Crippen LogP contribution >= 0.6 is 0 Å². The molecule has 2 nitrogen and oxygen atoms in total. The van der Waals surface area contributed by atoms with Gasteiger partial charge in [-0.15, -0.1) is 6.42 Å². The fraction of sp³-hybridized carbons (Fsp3) is 0.467. The molecule has 0 atom stereocenters. The van der Waals surface area contributed by atoms with Crippen LogP contribution in [-0.4, -0.2) is 19.8 Å². The van der Waals surface area contributed by atoms with Gasteiger partial charge < -0.3 is 9.47 Å². The molecule has 0 fully saturated rings. The van der Waals surface area contributed by atoms with Crippen LogP contribution in [0.2, 0.25) is 0 Å². The number of hydrogen-bond acceptors (Lipinski definition) is 2. The Hall–Kier alpha value is -1.46. The second-order valence-corrected chi connectivity index (χ2v) is 3.98. The first kappa shape index (κ1) is 13.6. The van der Waals surface area contributed by atoms with Crippen LogP contribution in [0.25, 0.3) is 0 Å². The average Bonchev–Trinajstić information content (AvgIpc) is 2.35. The molecule has 1 aromatic rings. The van der Waals surface area contributed by atoms with Crippen LogP contribution in [0, 0.1) is 19.3 Å². The Bertz CT molecular complexity index is 335. The van der Waals surface area contributed by atoms with Crippen LogP contribution in [0.4, 0.5) is 0 Å². The van der Waals surface area contributed by atoms with E-state index in [0.29, 0.717) is 6.61 Å². The number of aryl methyl sites for hydroxylation is 1. The molecule has 0 bridgehead atoms. The minimum absolute atomic E-state index is 0.417. The highest BCUT2D eigenvalue weighted by molar-refractivity contribution is 5.26. The zero-order chi connectivity index (χ0) is 12.3. The molecular weight excluding hydrogens is 212 g/mol. The molecule has 0 amide bonds. The maximum atomic E-state index is 5.62. The van der Waals surface area contributed by atoms with Crippen LogP contribution < -0.4 is 4.74 Å². The molecule has 0 aromatic heterocycles. The molecule has 92 valence electrons. The molecule has 17 heavy (non-hydrogen) atoms. The van der Waals surface area contributed by atoms with Crippen molar-refractivity contribution >= 4 is 0 Å². The third kappa shape index (κ3) is 6.65. The summed E-state index contributed by atoms with van der Waals surface area (Å²) >= 11 is 0. The summed E-state index contributed by atoms with van der Waals surface area (Å²) in [6, 6.07) is 8.13. The van der Waals surface area contributed by atoms with E-state index >= 15 is 0 Å². The van der Waals surface area contributed by atoms with E-state index in [1.54, 1.807) is 0 Å². The van der Waals surface area contributed by atoms with E-state index < -0.39 is 0 Å². The highest BCUT2D eigenvalue weighted by Gasteiger charge is 1.94. The van der Waals surface area contributed by atoms with Crippen molar-refractivity contribution in [3.05, 3.63) is 29.8 Å². The Labute approximate surface area is 104 Å². The monoisotopic (exact) mass is 232 g/mol. The third-order valence-electron chi connectivity index (χ3n) is 2.41. The van der Waals surface area contributed by atoms with E-state index in [1.807, 2.05) is 12.1 Å². The molecule has 0 aliphatic rings. The molecule has 1 rings (SSSR count). The number of ether oxygens (including phenoxy) is 2. The van der Waals surface area contributed by atoms with E-state index in [-0.39, 0.29) is 0 Å². The molecule has 1 aromatic carbocycles. The summed E-state index contributed by atoms with van der Waals surface area (Å²) in [5.74, 6) is 3.39. The van der Waals surface area contributed by atoms with Crippen LogP contribution in [0.3, 0.4) is 0 Å². The second-order valence-electron chi connectivity index (χ2n) is 3.98. The maximum absolute atomic E-state index is 5.62. The molecular formula is C15H20O2. The summed E-state index contributed by atoms with van der Waals surface area (Å²) in [5.41, 5.74) is 1.25. The van der Waals surface area contributed by atoms with Gasteiger partial charge in [0.2, 0.25) is 0 Å². The lowest BCUT2D eigenvalue weighted by Crippen LogP contribution is -1.99. The fourth-order valence-corrected chi connectivity index (χ4v) is 1.44. The van der Waals surface area contributed by atoms with Crippen LogP contribution in [-0.2, 0) is 4.74 Å². The molecule has 0 radical (unpaired) electrons. The van der Waals surface area contributed by atoms with Crippen molar-refractivity contribution in [2.24, 2.45) is 0 Å². The highest BCUT2D eigenvalue weighted by atomic mass is 16.5. The van der Waals surface area contributed by atoms with Gasteiger partial charge in [-0.05, 0) is 38.3 Å². The van der Waals surface area contributed by atoms with E-state index in [4.69, 9.17) is 15.9 Å². The maximum Gasteiger partial charge on any atom is 0.119 e. The lowest BCUT2D eigenvalue weighted by atomic mass is 10.2. The topological polar surface area (TPSA) is 18.5 Å². The van der Waals surface area contributed by atoms with Gasteiger partial charge in [0.1, 0.15) is 12.4 Å². The second kappa shape index (κ2) is 8.66. The van der Waals surface area contributed by atoms with Crippen molar-refractivity contribution in [2.75, 3.05) is 19.8 Å². The normalized spacial score (nSPS) is 9.88. The zero-order valence-electron chi connectivity index (χ0n) is 10.4. The Morgan fingerprint density at radius 2 is 1.76 bits per heavy atom. The van der Waals surface area contributed by atoms with Gasteiger partial charge in [0, 0.05) is 6.61 Å². The Morgan fingerprint density at radius 3 is 2.47 bits per heavy atom. The smallest absolute Gasteiger partial charge is 0.119 e. The van der Waals surface area contributed by atoms with Crippen molar-refractivity contribution in [3.63, 3.8) is 0 Å². The fourth-order valence-electron chi connectivity index (χ4n) is 1.44. The Balaban J connectivity index is 1.97. The summed E-state index contributed by atoms with van der Waals surface area (Å²) in [4.78, 5) is 0. The van der Waals surface area contributed by atoms with Gasteiger partial charge in [0.25, 0.3) is 0 Å². The third-order valence-corrected chi connectivity index (χ3v) is 2.41. The molecule has 0 spiro atoms. The number of unbranched alkanes of at least 4 members (excludes halogenated alkanes) is 2. The van der Waals surface area contributed by atoms with Crippen molar-refractivity contribution in [1.29, 1.82) is 0 Å². The standard InChI is InChI=1S/C15H20O2/c1-3-11-16-12-5-4-6-13-17-15-9-7-14(2)8-10-15/h1,7-10H,4-6,11-13H2,2H3. The van der Waals surface area contributed by atoms with E-state index in [0.717, 1.165) is 38.2 Å². The predicted molar refractivity (Wildman–Crippen MR) is 70.2 cm³/mol. The summed E-state index contributed by atoms with van der Waals surface area (Å²) in [5, 5.41) is 0. The number of benzene rings is 1. The predicted octanol–water partition coefficient (Wildman–Crippen LogP) is 3.19. The molecule has 2 heteroatoms. The summed E-state index contributed by atoms with van der Waals surface area (Å²) in [6.07, 6.45) is 8.27. The van der Waals surface area contributed by atoms with Gasteiger partial charge in [-0.3, -0.25) is 0 Å². The molecule has 0 unspecified atom stereocenters. The van der Waals surface area contributed by atoms with Crippen LogP contribution in [0.15, 0.2) is 24.3 Å². The zero-order valence-corrected chi connectivity index (χ0v) is 10.4. The summed E-state index contributed by atoms with van der Waals surface area (Å²) in [6.45, 7) is 3.99. The first-order valence-electron chi connectivity index (χ1n) is 6.03. The number of rotatable bonds is 8.